The monoisotopic (exact) mass is 594 g/mol. The van der Waals surface area contributed by atoms with Crippen molar-refractivity contribution in [2.24, 2.45) is 0 Å². The van der Waals surface area contributed by atoms with Crippen molar-refractivity contribution >= 4 is 27.3 Å². The third kappa shape index (κ3) is 8.37. The molecule has 0 bridgehead atoms. The molecule has 0 aromatic heterocycles. The lowest BCUT2D eigenvalue weighted by Gasteiger charge is -2.34. The number of anilines is 2. The molecule has 3 N–H and O–H groups in total. The molecule has 1 unspecified atom stereocenters. The van der Waals surface area contributed by atoms with Gasteiger partial charge in [-0.1, -0.05) is 25.5 Å². The van der Waals surface area contributed by atoms with Crippen LogP contribution < -0.4 is 29.6 Å². The minimum atomic E-state index is -3.31. The van der Waals surface area contributed by atoms with Crippen molar-refractivity contribution in [1.82, 2.24) is 10.2 Å². The van der Waals surface area contributed by atoms with Crippen LogP contribution in [0, 0.1) is 0 Å². The molecular weight excluding hydrogens is 556 g/mol. The smallest absolute Gasteiger partial charge is 0.241 e. The maximum Gasteiger partial charge on any atom is 0.241 e. The summed E-state index contributed by atoms with van der Waals surface area (Å²) in [5.74, 6) is 2.66. The van der Waals surface area contributed by atoms with E-state index < -0.39 is 10.0 Å². The molecule has 0 aliphatic carbocycles. The number of amides is 1. The Labute approximate surface area is 247 Å². The van der Waals surface area contributed by atoms with E-state index in [1.807, 2.05) is 24.3 Å². The number of fused-ring (bicyclic) bond motifs is 1. The third-order valence-electron chi connectivity index (χ3n) is 7.28. The second-order valence-corrected chi connectivity index (χ2v) is 12.5. The van der Waals surface area contributed by atoms with Crippen molar-refractivity contribution in [3.05, 3.63) is 72.3 Å². The van der Waals surface area contributed by atoms with E-state index in [-0.39, 0.29) is 24.8 Å². The van der Waals surface area contributed by atoms with E-state index in [9.17, 15) is 13.2 Å². The van der Waals surface area contributed by atoms with E-state index in [0.717, 1.165) is 51.6 Å². The van der Waals surface area contributed by atoms with Crippen LogP contribution in [0.1, 0.15) is 38.2 Å². The lowest BCUT2D eigenvalue weighted by Crippen LogP contribution is -2.50. The molecule has 10 nitrogen and oxygen atoms in total. The second kappa shape index (κ2) is 13.5. The van der Waals surface area contributed by atoms with Crippen LogP contribution in [0.2, 0.25) is 0 Å². The van der Waals surface area contributed by atoms with E-state index in [4.69, 9.17) is 14.2 Å². The van der Waals surface area contributed by atoms with Crippen molar-refractivity contribution in [3.8, 4) is 23.0 Å². The van der Waals surface area contributed by atoms with Gasteiger partial charge in [-0.25, -0.2) is 8.42 Å². The zero-order chi connectivity index (χ0) is 29.5. The topological polar surface area (TPSA) is 118 Å². The highest BCUT2D eigenvalue weighted by molar-refractivity contribution is 7.92. The van der Waals surface area contributed by atoms with Crippen LogP contribution in [0.3, 0.4) is 0 Å². The van der Waals surface area contributed by atoms with Crippen molar-refractivity contribution in [1.29, 1.82) is 0 Å². The van der Waals surface area contributed by atoms with Crippen LogP contribution in [0.5, 0.6) is 23.0 Å². The highest BCUT2D eigenvalue weighted by atomic mass is 32.2. The van der Waals surface area contributed by atoms with E-state index in [0.29, 0.717) is 34.4 Å². The summed E-state index contributed by atoms with van der Waals surface area (Å²) in [4.78, 5) is 15.5. The van der Waals surface area contributed by atoms with Crippen molar-refractivity contribution in [3.63, 3.8) is 0 Å². The highest BCUT2D eigenvalue weighted by Gasteiger charge is 2.25. The number of likely N-dealkylation sites (tertiary alicyclic amines) is 1. The molecule has 1 amide bonds. The van der Waals surface area contributed by atoms with Crippen LogP contribution in [-0.4, -0.2) is 57.4 Å². The Hall–Kier alpha value is -3.80. The van der Waals surface area contributed by atoms with Crippen molar-refractivity contribution in [2.45, 2.75) is 51.2 Å². The van der Waals surface area contributed by atoms with E-state index in [1.54, 1.807) is 30.3 Å². The van der Waals surface area contributed by atoms with Gasteiger partial charge in [0.05, 0.1) is 12.3 Å². The maximum atomic E-state index is 13.1. The van der Waals surface area contributed by atoms with E-state index in [1.165, 1.54) is 5.56 Å². The minimum absolute atomic E-state index is 0.0260. The van der Waals surface area contributed by atoms with E-state index >= 15 is 0 Å². The number of rotatable bonds is 12. The van der Waals surface area contributed by atoms with Gasteiger partial charge in [0, 0.05) is 30.0 Å². The lowest BCUT2D eigenvalue weighted by molar-refractivity contribution is -0.118. The molecule has 3 aromatic carbocycles. The molecular formula is C31H38N4O6S. The first-order valence-corrected chi connectivity index (χ1v) is 16.2. The van der Waals surface area contributed by atoms with Gasteiger partial charge < -0.3 is 24.8 Å². The second-order valence-electron chi connectivity index (χ2n) is 10.8. The van der Waals surface area contributed by atoms with Gasteiger partial charge in [-0.15, -0.1) is 0 Å². The Balaban J connectivity index is 1.07. The predicted molar refractivity (Wildman–Crippen MR) is 163 cm³/mol. The fraction of sp³-hybridized carbons (Fsp3) is 0.387. The quantitative estimate of drug-likeness (QED) is 0.270. The molecule has 42 heavy (non-hydrogen) atoms. The predicted octanol–water partition coefficient (Wildman–Crippen LogP) is 4.94. The van der Waals surface area contributed by atoms with Gasteiger partial charge >= 0.3 is 0 Å². The van der Waals surface area contributed by atoms with Gasteiger partial charge in [0.25, 0.3) is 0 Å². The Morgan fingerprint density at radius 1 is 0.952 bits per heavy atom. The molecule has 0 saturated carbocycles. The molecule has 11 heteroatoms. The zero-order valence-corrected chi connectivity index (χ0v) is 24.8. The number of sulfonamides is 1. The van der Waals surface area contributed by atoms with Crippen LogP contribution >= 0.6 is 0 Å². The summed E-state index contributed by atoms with van der Waals surface area (Å²) < 4.78 is 41.9. The van der Waals surface area contributed by atoms with Gasteiger partial charge in [0.2, 0.25) is 22.7 Å². The molecule has 2 heterocycles. The first-order valence-electron chi connectivity index (χ1n) is 14.3. The van der Waals surface area contributed by atoms with Gasteiger partial charge in [0.15, 0.2) is 11.5 Å². The number of nitrogens with one attached hydrogen (secondary N) is 3. The molecule has 0 radical (unpaired) electrons. The van der Waals surface area contributed by atoms with Crippen LogP contribution in [-0.2, 0) is 21.4 Å². The first kappa shape index (κ1) is 29.7. The molecule has 1 fully saturated rings. The van der Waals surface area contributed by atoms with Crippen LogP contribution in [0.4, 0.5) is 11.4 Å². The number of hydrogen-bond acceptors (Lipinski definition) is 8. The summed E-state index contributed by atoms with van der Waals surface area (Å²) in [7, 11) is -3.31. The number of benzene rings is 3. The standard InChI is InChI=1S/C31H38N4O6S/c1-3-4-28(31(36)33-25-9-14-29-30(19-25)40-21-39-29)32-23-15-17-35(18-16-23)20-22-5-10-26(11-6-22)41-27-12-7-24(8-13-27)34-42(2,37)38/h5-14,19,23,28,32,34H,3-4,15-18,20-21H2,1-2H3,(H,33,36). The van der Waals surface area contributed by atoms with Crippen LogP contribution in [0.25, 0.3) is 0 Å². The summed E-state index contributed by atoms with van der Waals surface area (Å²) in [6, 6.07) is 20.3. The van der Waals surface area contributed by atoms with Crippen LogP contribution in [0.15, 0.2) is 66.7 Å². The third-order valence-corrected chi connectivity index (χ3v) is 7.89. The number of ether oxygens (including phenoxy) is 3. The molecule has 2 aliphatic rings. The Kier molecular flexibility index (Phi) is 9.51. The SMILES string of the molecule is CCCC(NC1CCN(Cc2ccc(Oc3ccc(NS(C)(=O)=O)cc3)cc2)CC1)C(=O)Nc1ccc2c(c1)OCO2. The van der Waals surface area contributed by atoms with Gasteiger partial charge in [-0.2, -0.15) is 0 Å². The molecule has 1 saturated heterocycles. The maximum absolute atomic E-state index is 13.1. The Bertz CT molecular complexity index is 1460. The average molecular weight is 595 g/mol. The molecule has 224 valence electrons. The summed E-state index contributed by atoms with van der Waals surface area (Å²) in [6.07, 6.45) is 4.75. The lowest BCUT2D eigenvalue weighted by atomic mass is 10.0. The fourth-order valence-corrected chi connectivity index (χ4v) is 5.75. The summed E-state index contributed by atoms with van der Waals surface area (Å²) in [5.41, 5.74) is 2.40. The van der Waals surface area contributed by atoms with Crippen molar-refractivity contribution < 1.29 is 27.4 Å². The van der Waals surface area contributed by atoms with Gasteiger partial charge in [0.1, 0.15) is 11.5 Å². The number of piperidine rings is 1. The molecule has 0 spiro atoms. The number of carbonyl (C=O) groups excluding carboxylic acids is 1. The Morgan fingerprint density at radius 2 is 1.60 bits per heavy atom. The molecule has 5 rings (SSSR count). The highest BCUT2D eigenvalue weighted by Crippen LogP contribution is 2.34. The largest absolute Gasteiger partial charge is 0.457 e. The number of hydrogen-bond donors (Lipinski definition) is 3. The number of carbonyl (C=O) groups is 1. The summed E-state index contributed by atoms with van der Waals surface area (Å²) in [6.45, 7) is 5.05. The Morgan fingerprint density at radius 3 is 2.26 bits per heavy atom. The normalized spacial score (nSPS) is 16.1. The first-order chi connectivity index (χ1) is 20.2. The fourth-order valence-electron chi connectivity index (χ4n) is 5.19. The molecule has 3 aromatic rings. The number of nitrogens with zero attached hydrogens (tertiary/aromatic N) is 1. The minimum Gasteiger partial charge on any atom is -0.457 e. The molecule has 2 aliphatic heterocycles. The van der Waals surface area contributed by atoms with E-state index in [2.05, 4.69) is 39.3 Å². The zero-order valence-electron chi connectivity index (χ0n) is 24.0. The summed E-state index contributed by atoms with van der Waals surface area (Å²) in [5, 5.41) is 6.65. The molecule has 1 atom stereocenters. The van der Waals surface area contributed by atoms with Gasteiger partial charge in [-0.05, 0) is 86.4 Å². The van der Waals surface area contributed by atoms with Gasteiger partial charge in [-0.3, -0.25) is 14.4 Å². The average Bonchev–Trinajstić information content (AvgIpc) is 3.43. The summed E-state index contributed by atoms with van der Waals surface area (Å²) >= 11 is 0. The van der Waals surface area contributed by atoms with Crippen molar-refractivity contribution in [2.75, 3.05) is 36.2 Å².